The van der Waals surface area contributed by atoms with Gasteiger partial charge in [-0.3, -0.25) is 5.32 Å². The Morgan fingerprint density at radius 1 is 1.43 bits per heavy atom. The first-order valence-electron chi connectivity index (χ1n) is 4.26. The highest BCUT2D eigenvalue weighted by molar-refractivity contribution is 7.09. The van der Waals surface area contributed by atoms with Crippen molar-refractivity contribution in [3.8, 4) is 0 Å². The zero-order valence-corrected chi connectivity index (χ0v) is 9.53. The molecular weight excluding hydrogens is 200 g/mol. The Kier molecular flexibility index (Phi) is 3.05. The monoisotopic (exact) mass is 214 g/mol. The van der Waals surface area contributed by atoms with E-state index in [1.165, 1.54) is 11.5 Å². The molecule has 0 radical (unpaired) electrons. The van der Waals surface area contributed by atoms with Gasteiger partial charge < -0.3 is 5.32 Å². The van der Waals surface area contributed by atoms with Gasteiger partial charge in [0, 0.05) is 17.1 Å². The molecule has 78 valence electrons. The Morgan fingerprint density at radius 2 is 2.07 bits per heavy atom. The van der Waals surface area contributed by atoms with Crippen molar-refractivity contribution in [2.45, 2.75) is 33.2 Å². The molecule has 0 aliphatic heterocycles. The Bertz CT molecular complexity index is 328. The molecule has 1 heterocycles. The van der Waals surface area contributed by atoms with Crippen LogP contribution in [0.5, 0.6) is 0 Å². The smallest absolute Gasteiger partial charge is 0.321 e. The van der Waals surface area contributed by atoms with Gasteiger partial charge in [-0.15, -0.1) is 0 Å². The normalized spacial score (nSPS) is 11.1. The molecule has 0 unspecified atom stereocenters. The first-order chi connectivity index (χ1) is 6.37. The molecule has 0 saturated heterocycles. The number of anilines is 1. The largest absolute Gasteiger partial charge is 0.333 e. The molecule has 1 aromatic rings. The number of hydrogen-bond donors (Lipinski definition) is 2. The van der Waals surface area contributed by atoms with Gasteiger partial charge in [0.25, 0.3) is 0 Å². The minimum absolute atomic E-state index is 0.246. The van der Waals surface area contributed by atoms with Crippen molar-refractivity contribution in [3.63, 3.8) is 0 Å². The zero-order chi connectivity index (χ0) is 10.8. The Labute approximate surface area is 87.1 Å². The fourth-order valence-electron chi connectivity index (χ4n) is 0.817. The van der Waals surface area contributed by atoms with Crippen molar-refractivity contribution in [1.82, 2.24) is 14.7 Å². The molecule has 0 bridgehead atoms. The molecule has 14 heavy (non-hydrogen) atoms. The minimum atomic E-state index is -0.256. The van der Waals surface area contributed by atoms with E-state index in [9.17, 15) is 4.79 Å². The van der Waals surface area contributed by atoms with Gasteiger partial charge in [-0.1, -0.05) is 0 Å². The number of aromatic nitrogens is 2. The lowest BCUT2D eigenvalue weighted by Gasteiger charge is -2.19. The van der Waals surface area contributed by atoms with Crippen molar-refractivity contribution in [3.05, 3.63) is 5.82 Å². The average Bonchev–Trinajstić information content (AvgIpc) is 2.30. The van der Waals surface area contributed by atoms with E-state index in [2.05, 4.69) is 20.0 Å². The lowest BCUT2D eigenvalue weighted by atomic mass is 10.1. The second-order valence-corrected chi connectivity index (χ2v) is 4.73. The molecule has 1 rings (SSSR count). The highest BCUT2D eigenvalue weighted by atomic mass is 32.1. The summed E-state index contributed by atoms with van der Waals surface area (Å²) < 4.78 is 3.95. The highest BCUT2D eigenvalue weighted by Crippen LogP contribution is 2.10. The van der Waals surface area contributed by atoms with Crippen LogP contribution in [0.25, 0.3) is 0 Å². The van der Waals surface area contributed by atoms with E-state index in [1.807, 2.05) is 20.8 Å². The third-order valence-corrected chi connectivity index (χ3v) is 1.96. The predicted molar refractivity (Wildman–Crippen MR) is 56.6 cm³/mol. The summed E-state index contributed by atoms with van der Waals surface area (Å²) in [6.45, 7) is 7.52. The van der Waals surface area contributed by atoms with Crippen molar-refractivity contribution >= 4 is 22.7 Å². The maximum absolute atomic E-state index is 11.4. The van der Waals surface area contributed by atoms with Crippen LogP contribution in [0.3, 0.4) is 0 Å². The Hall–Kier alpha value is -1.17. The van der Waals surface area contributed by atoms with Gasteiger partial charge in [0.2, 0.25) is 5.13 Å². The lowest BCUT2D eigenvalue weighted by molar-refractivity contribution is 0.244. The lowest BCUT2D eigenvalue weighted by Crippen LogP contribution is -2.43. The summed E-state index contributed by atoms with van der Waals surface area (Å²) in [5, 5.41) is 5.90. The number of nitrogens with zero attached hydrogens (tertiary/aromatic N) is 2. The molecule has 0 spiro atoms. The fourth-order valence-corrected chi connectivity index (χ4v) is 1.39. The van der Waals surface area contributed by atoms with Crippen LogP contribution >= 0.6 is 11.5 Å². The average molecular weight is 214 g/mol. The number of amides is 2. The van der Waals surface area contributed by atoms with E-state index in [1.54, 1.807) is 6.92 Å². The molecule has 0 saturated carbocycles. The van der Waals surface area contributed by atoms with Crippen molar-refractivity contribution in [1.29, 1.82) is 0 Å². The summed E-state index contributed by atoms with van der Waals surface area (Å²) in [7, 11) is 0. The molecule has 0 fully saturated rings. The van der Waals surface area contributed by atoms with Crippen LogP contribution in [-0.4, -0.2) is 20.9 Å². The SMILES string of the molecule is Cc1nsc(NC(=O)NC(C)(C)C)n1. The number of rotatable bonds is 1. The van der Waals surface area contributed by atoms with Crippen LogP contribution in [0.1, 0.15) is 26.6 Å². The van der Waals surface area contributed by atoms with Gasteiger partial charge in [0.1, 0.15) is 5.82 Å². The van der Waals surface area contributed by atoms with Crippen LogP contribution in [0, 0.1) is 6.92 Å². The standard InChI is InChI=1S/C8H14N4OS/c1-5-9-7(14-12-5)10-6(13)11-8(2,3)4/h1-4H3,(H2,9,10,11,12,13). The quantitative estimate of drug-likeness (QED) is 0.748. The van der Waals surface area contributed by atoms with Crippen LogP contribution in [-0.2, 0) is 0 Å². The number of aryl methyl sites for hydroxylation is 1. The van der Waals surface area contributed by atoms with Gasteiger partial charge in [-0.05, 0) is 27.7 Å². The summed E-state index contributed by atoms with van der Waals surface area (Å²) >= 11 is 1.17. The van der Waals surface area contributed by atoms with Crippen molar-refractivity contribution < 1.29 is 4.79 Å². The molecule has 2 N–H and O–H groups in total. The van der Waals surface area contributed by atoms with Gasteiger partial charge >= 0.3 is 6.03 Å². The molecule has 0 aliphatic rings. The van der Waals surface area contributed by atoms with Crippen molar-refractivity contribution in [2.24, 2.45) is 0 Å². The zero-order valence-electron chi connectivity index (χ0n) is 8.71. The second kappa shape index (κ2) is 3.91. The van der Waals surface area contributed by atoms with E-state index < -0.39 is 0 Å². The van der Waals surface area contributed by atoms with E-state index >= 15 is 0 Å². The topological polar surface area (TPSA) is 66.9 Å². The third-order valence-electron chi connectivity index (χ3n) is 1.24. The van der Waals surface area contributed by atoms with Gasteiger partial charge in [0.05, 0.1) is 0 Å². The second-order valence-electron chi connectivity index (χ2n) is 3.98. The predicted octanol–water partition coefficient (Wildman–Crippen LogP) is 1.77. The van der Waals surface area contributed by atoms with E-state index in [0.29, 0.717) is 11.0 Å². The Balaban J connectivity index is 2.50. The van der Waals surface area contributed by atoms with Crippen LogP contribution in [0.2, 0.25) is 0 Å². The summed E-state index contributed by atoms with van der Waals surface area (Å²) in [6, 6.07) is -0.256. The maximum Gasteiger partial charge on any atom is 0.321 e. The van der Waals surface area contributed by atoms with Crippen molar-refractivity contribution in [2.75, 3.05) is 5.32 Å². The summed E-state index contributed by atoms with van der Waals surface area (Å²) in [5.41, 5.74) is -0.246. The van der Waals surface area contributed by atoms with E-state index in [4.69, 9.17) is 0 Å². The fraction of sp³-hybridized carbons (Fsp3) is 0.625. The van der Waals surface area contributed by atoms with E-state index in [-0.39, 0.29) is 11.6 Å². The molecule has 2 amide bonds. The first-order valence-corrected chi connectivity index (χ1v) is 5.04. The maximum atomic E-state index is 11.4. The number of urea groups is 1. The number of hydrogen-bond acceptors (Lipinski definition) is 4. The highest BCUT2D eigenvalue weighted by Gasteiger charge is 2.14. The molecular formula is C8H14N4OS. The molecule has 0 atom stereocenters. The van der Waals surface area contributed by atoms with Crippen LogP contribution in [0.15, 0.2) is 0 Å². The van der Waals surface area contributed by atoms with Crippen LogP contribution < -0.4 is 10.6 Å². The number of nitrogens with one attached hydrogen (secondary N) is 2. The van der Waals surface area contributed by atoms with E-state index in [0.717, 1.165) is 0 Å². The van der Waals surface area contributed by atoms with Gasteiger partial charge in [-0.25, -0.2) is 9.78 Å². The minimum Gasteiger partial charge on any atom is -0.333 e. The summed E-state index contributed by atoms with van der Waals surface area (Å²) in [5.74, 6) is 0.668. The number of carbonyl (C=O) groups excluding carboxylic acids is 1. The summed E-state index contributed by atoms with van der Waals surface area (Å²) in [4.78, 5) is 15.4. The van der Waals surface area contributed by atoms with Crippen LogP contribution in [0.4, 0.5) is 9.93 Å². The third kappa shape index (κ3) is 3.69. The molecule has 0 aromatic carbocycles. The molecule has 5 nitrogen and oxygen atoms in total. The Morgan fingerprint density at radius 3 is 2.50 bits per heavy atom. The number of carbonyl (C=O) groups is 1. The molecule has 6 heteroatoms. The summed E-state index contributed by atoms with van der Waals surface area (Å²) in [6.07, 6.45) is 0. The molecule has 1 aromatic heterocycles. The molecule has 0 aliphatic carbocycles. The first kappa shape index (κ1) is 10.9. The van der Waals surface area contributed by atoms with Gasteiger partial charge in [-0.2, -0.15) is 4.37 Å². The van der Waals surface area contributed by atoms with Gasteiger partial charge in [0.15, 0.2) is 0 Å².